The molecule has 1 heterocycles. The quantitative estimate of drug-likeness (QED) is 0.337. The molecule has 0 spiro atoms. The highest BCUT2D eigenvalue weighted by molar-refractivity contribution is 8.03. The largest absolute Gasteiger partial charge is 0.272 e. The molecule has 0 fully saturated rings. The third-order valence-electron chi connectivity index (χ3n) is 3.22. The van der Waals surface area contributed by atoms with Crippen molar-refractivity contribution in [2.24, 2.45) is 5.10 Å². The zero-order valence-corrected chi connectivity index (χ0v) is 16.5. The zero-order valence-electron chi connectivity index (χ0n) is 14.0. The molecule has 0 unspecified atom stereocenters. The molecule has 0 radical (unpaired) electrons. The first-order chi connectivity index (χ1) is 13.2. The summed E-state index contributed by atoms with van der Waals surface area (Å²) in [4.78, 5) is 11.8. The minimum Gasteiger partial charge on any atom is -0.272 e. The van der Waals surface area contributed by atoms with E-state index in [9.17, 15) is 9.18 Å². The lowest BCUT2D eigenvalue weighted by Crippen LogP contribution is -2.19. The molecule has 27 heavy (non-hydrogen) atoms. The average molecular weight is 419 g/mol. The summed E-state index contributed by atoms with van der Waals surface area (Å²) < 4.78 is 15.0. The molecule has 2 aromatic carbocycles. The number of carbonyl (C=O) groups excluding carboxylic acids is 1. The van der Waals surface area contributed by atoms with E-state index in [0.717, 1.165) is 14.4 Å². The van der Waals surface area contributed by atoms with Crippen molar-refractivity contribution >= 4 is 47.0 Å². The SMILES string of the molecule is O=C(CSc1nnc(SCc2ccccc2)s1)NN=Cc1ccccc1F. The van der Waals surface area contributed by atoms with Gasteiger partial charge in [0.05, 0.1) is 12.0 Å². The first kappa shape index (κ1) is 19.5. The summed E-state index contributed by atoms with van der Waals surface area (Å²) in [5.74, 6) is 0.304. The Bertz CT molecular complexity index is 918. The van der Waals surface area contributed by atoms with Crippen molar-refractivity contribution in [1.29, 1.82) is 0 Å². The van der Waals surface area contributed by atoms with Crippen LogP contribution in [0.15, 0.2) is 68.4 Å². The van der Waals surface area contributed by atoms with Crippen LogP contribution in [0.2, 0.25) is 0 Å². The normalized spacial score (nSPS) is 11.0. The highest BCUT2D eigenvalue weighted by Crippen LogP contribution is 2.30. The first-order valence-corrected chi connectivity index (χ1v) is 10.7. The number of rotatable bonds is 8. The standard InChI is InChI=1S/C18H15FN4OS3/c19-15-9-5-4-8-14(15)10-20-21-16(24)12-26-18-23-22-17(27-18)25-11-13-6-2-1-3-7-13/h1-10H,11-12H2,(H,21,24). The molecule has 0 aliphatic rings. The van der Waals surface area contributed by atoms with Gasteiger partial charge in [-0.2, -0.15) is 5.10 Å². The van der Waals surface area contributed by atoms with Crippen LogP contribution in [0.1, 0.15) is 11.1 Å². The topological polar surface area (TPSA) is 67.2 Å². The highest BCUT2D eigenvalue weighted by atomic mass is 32.2. The number of aromatic nitrogens is 2. The molecular weight excluding hydrogens is 403 g/mol. The van der Waals surface area contributed by atoms with Gasteiger partial charge in [-0.3, -0.25) is 4.79 Å². The van der Waals surface area contributed by atoms with Gasteiger partial charge in [0.25, 0.3) is 5.91 Å². The Morgan fingerprint density at radius 1 is 1.07 bits per heavy atom. The van der Waals surface area contributed by atoms with Crippen LogP contribution >= 0.6 is 34.9 Å². The Hall–Kier alpha value is -2.23. The van der Waals surface area contributed by atoms with Crippen molar-refractivity contribution in [1.82, 2.24) is 15.6 Å². The Balaban J connectivity index is 1.41. The van der Waals surface area contributed by atoms with Crippen molar-refractivity contribution in [2.45, 2.75) is 14.4 Å². The molecule has 0 atom stereocenters. The second-order valence-corrected chi connectivity index (χ2v) is 8.63. The van der Waals surface area contributed by atoms with Gasteiger partial charge in [-0.1, -0.05) is 83.4 Å². The van der Waals surface area contributed by atoms with Gasteiger partial charge in [0.1, 0.15) is 5.82 Å². The number of hydrogen-bond acceptors (Lipinski definition) is 7. The fourth-order valence-corrected chi connectivity index (χ4v) is 4.71. The van der Waals surface area contributed by atoms with Crippen LogP contribution in [0, 0.1) is 5.82 Å². The van der Waals surface area contributed by atoms with Crippen molar-refractivity contribution < 1.29 is 9.18 Å². The molecule has 138 valence electrons. The molecule has 1 N–H and O–H groups in total. The molecule has 1 aromatic heterocycles. The van der Waals surface area contributed by atoms with Crippen molar-refractivity contribution in [3.05, 3.63) is 71.5 Å². The average Bonchev–Trinajstić information content (AvgIpc) is 3.15. The minimum atomic E-state index is -0.390. The summed E-state index contributed by atoms with van der Waals surface area (Å²) in [7, 11) is 0. The van der Waals surface area contributed by atoms with Crippen molar-refractivity contribution in [3.63, 3.8) is 0 Å². The number of benzene rings is 2. The molecule has 3 aromatic rings. The van der Waals surface area contributed by atoms with Crippen LogP contribution in [-0.2, 0) is 10.5 Å². The third kappa shape index (κ3) is 6.46. The lowest BCUT2D eigenvalue weighted by atomic mass is 10.2. The Labute approximate surface area is 168 Å². The van der Waals surface area contributed by atoms with Crippen molar-refractivity contribution in [2.75, 3.05) is 5.75 Å². The van der Waals surface area contributed by atoms with Gasteiger partial charge in [-0.15, -0.1) is 10.2 Å². The van der Waals surface area contributed by atoms with E-state index < -0.39 is 0 Å². The van der Waals surface area contributed by atoms with Crippen LogP contribution in [-0.4, -0.2) is 28.1 Å². The summed E-state index contributed by atoms with van der Waals surface area (Å²) >= 11 is 4.36. The molecule has 0 aliphatic carbocycles. The number of nitrogens with one attached hydrogen (secondary N) is 1. The second-order valence-electron chi connectivity index (χ2n) is 5.21. The Morgan fingerprint density at radius 3 is 2.56 bits per heavy atom. The van der Waals surface area contributed by atoms with Gasteiger partial charge >= 0.3 is 0 Å². The molecule has 5 nitrogen and oxygen atoms in total. The van der Waals surface area contributed by atoms with Crippen molar-refractivity contribution in [3.8, 4) is 0 Å². The van der Waals surface area contributed by atoms with Crippen LogP contribution < -0.4 is 5.43 Å². The number of thioether (sulfide) groups is 2. The summed E-state index contributed by atoms with van der Waals surface area (Å²) in [6, 6.07) is 16.3. The van der Waals surface area contributed by atoms with E-state index in [-0.39, 0.29) is 17.5 Å². The molecule has 0 bridgehead atoms. The van der Waals surface area contributed by atoms with Gasteiger partial charge in [0.2, 0.25) is 0 Å². The molecule has 0 saturated carbocycles. The zero-order chi connectivity index (χ0) is 18.9. The minimum absolute atomic E-state index is 0.159. The van der Waals surface area contributed by atoms with E-state index in [2.05, 4.69) is 32.9 Å². The summed E-state index contributed by atoms with van der Waals surface area (Å²) in [6.07, 6.45) is 1.28. The van der Waals surface area contributed by atoms with E-state index in [4.69, 9.17) is 0 Å². The number of carbonyl (C=O) groups is 1. The lowest BCUT2D eigenvalue weighted by molar-refractivity contribution is -0.118. The van der Waals surface area contributed by atoms with Gasteiger partial charge in [0.15, 0.2) is 8.68 Å². The van der Waals surface area contributed by atoms with Gasteiger partial charge in [-0.05, 0) is 11.6 Å². The van der Waals surface area contributed by atoms with E-state index in [0.29, 0.717) is 5.56 Å². The number of halogens is 1. The van der Waals surface area contributed by atoms with E-state index in [1.54, 1.807) is 30.0 Å². The number of amides is 1. The Morgan fingerprint density at radius 2 is 1.78 bits per heavy atom. The second kappa shape index (κ2) is 10.2. The summed E-state index contributed by atoms with van der Waals surface area (Å²) in [5, 5.41) is 12.0. The van der Waals surface area contributed by atoms with E-state index in [1.165, 1.54) is 40.9 Å². The third-order valence-corrected chi connectivity index (χ3v) is 6.48. The molecule has 0 saturated heterocycles. The molecule has 0 aliphatic heterocycles. The maximum atomic E-state index is 13.4. The molecular formula is C18H15FN4OS3. The fourth-order valence-electron chi connectivity index (χ4n) is 1.95. The number of hydrazone groups is 1. The van der Waals surface area contributed by atoms with Crippen LogP contribution in [0.25, 0.3) is 0 Å². The van der Waals surface area contributed by atoms with Gasteiger partial charge < -0.3 is 0 Å². The molecule has 3 rings (SSSR count). The summed E-state index contributed by atoms with van der Waals surface area (Å²) in [6.45, 7) is 0. The summed E-state index contributed by atoms with van der Waals surface area (Å²) in [5.41, 5.74) is 3.91. The predicted octanol–water partition coefficient (Wildman–Crippen LogP) is 4.21. The van der Waals surface area contributed by atoms with E-state index in [1.807, 2.05) is 18.2 Å². The lowest BCUT2D eigenvalue weighted by Gasteiger charge is -1.98. The molecule has 9 heteroatoms. The van der Waals surface area contributed by atoms with Gasteiger partial charge in [0, 0.05) is 11.3 Å². The van der Waals surface area contributed by atoms with E-state index >= 15 is 0 Å². The Kier molecular flexibility index (Phi) is 7.37. The first-order valence-electron chi connectivity index (χ1n) is 7.90. The number of nitrogens with zero attached hydrogens (tertiary/aromatic N) is 3. The highest BCUT2D eigenvalue weighted by Gasteiger charge is 2.08. The monoisotopic (exact) mass is 418 g/mol. The predicted molar refractivity (Wildman–Crippen MR) is 109 cm³/mol. The smallest absolute Gasteiger partial charge is 0.250 e. The maximum absolute atomic E-state index is 13.4. The number of hydrogen-bond donors (Lipinski definition) is 1. The van der Waals surface area contributed by atoms with Gasteiger partial charge in [-0.25, -0.2) is 9.82 Å². The molecule has 1 amide bonds. The maximum Gasteiger partial charge on any atom is 0.250 e. The van der Waals surface area contributed by atoms with Crippen LogP contribution in [0.3, 0.4) is 0 Å². The van der Waals surface area contributed by atoms with Crippen LogP contribution in [0.5, 0.6) is 0 Å². The fraction of sp³-hybridized carbons (Fsp3) is 0.111. The van der Waals surface area contributed by atoms with Crippen LogP contribution in [0.4, 0.5) is 4.39 Å².